The Bertz CT molecular complexity index is 443. The van der Waals surface area contributed by atoms with E-state index in [-0.39, 0.29) is 0 Å². The van der Waals surface area contributed by atoms with Gasteiger partial charge in [0, 0.05) is 18.3 Å². The predicted molar refractivity (Wildman–Crippen MR) is 55.2 cm³/mol. The summed E-state index contributed by atoms with van der Waals surface area (Å²) in [5, 5.41) is 11.7. The quantitative estimate of drug-likeness (QED) is 0.827. The van der Waals surface area contributed by atoms with Crippen molar-refractivity contribution in [1.29, 1.82) is 0 Å². The Morgan fingerprint density at radius 3 is 2.86 bits per heavy atom. The second kappa shape index (κ2) is 3.46. The molecule has 0 radical (unpaired) electrons. The molecule has 74 valence electrons. The molecule has 5 heteroatoms. The standard InChI is InChI=1S/C9H11ClN4/c1-3-14-5-7(6(2)13-14)9-8(10)4-11-12-9/h4-5H,3H2,1-2H3,(H,11,12). The second-order valence-electron chi connectivity index (χ2n) is 3.08. The number of aryl methyl sites for hydroxylation is 2. The molecular weight excluding hydrogens is 200 g/mol. The van der Waals surface area contributed by atoms with Crippen LogP contribution in [0.25, 0.3) is 11.3 Å². The van der Waals surface area contributed by atoms with Crippen LogP contribution in [0.3, 0.4) is 0 Å². The lowest BCUT2D eigenvalue weighted by Crippen LogP contribution is -1.93. The first kappa shape index (κ1) is 9.27. The van der Waals surface area contributed by atoms with Crippen molar-refractivity contribution in [3.8, 4) is 11.3 Å². The van der Waals surface area contributed by atoms with Crippen LogP contribution in [0.15, 0.2) is 12.4 Å². The van der Waals surface area contributed by atoms with Gasteiger partial charge in [-0.2, -0.15) is 10.2 Å². The third-order valence-corrected chi connectivity index (χ3v) is 2.42. The fourth-order valence-corrected chi connectivity index (χ4v) is 1.58. The number of H-pyrrole nitrogens is 1. The molecule has 2 aromatic heterocycles. The van der Waals surface area contributed by atoms with E-state index in [0.29, 0.717) is 5.02 Å². The van der Waals surface area contributed by atoms with Crippen molar-refractivity contribution in [1.82, 2.24) is 20.0 Å². The molecule has 0 amide bonds. The van der Waals surface area contributed by atoms with Crippen molar-refractivity contribution in [3.05, 3.63) is 23.1 Å². The SMILES string of the molecule is CCn1cc(-c2[nH]ncc2Cl)c(C)n1. The van der Waals surface area contributed by atoms with Crippen LogP contribution in [0, 0.1) is 6.92 Å². The van der Waals surface area contributed by atoms with Crippen LogP contribution >= 0.6 is 11.6 Å². The first-order valence-electron chi connectivity index (χ1n) is 4.45. The number of halogens is 1. The summed E-state index contributed by atoms with van der Waals surface area (Å²) in [6.45, 7) is 4.86. The Labute approximate surface area is 86.9 Å². The zero-order chi connectivity index (χ0) is 10.1. The van der Waals surface area contributed by atoms with Crippen LogP contribution in [0.4, 0.5) is 0 Å². The predicted octanol–water partition coefficient (Wildman–Crippen LogP) is 2.25. The lowest BCUT2D eigenvalue weighted by molar-refractivity contribution is 0.653. The topological polar surface area (TPSA) is 46.5 Å². The van der Waals surface area contributed by atoms with Crippen molar-refractivity contribution >= 4 is 11.6 Å². The van der Waals surface area contributed by atoms with Gasteiger partial charge in [0.05, 0.1) is 22.6 Å². The molecule has 0 aromatic carbocycles. The van der Waals surface area contributed by atoms with E-state index < -0.39 is 0 Å². The lowest BCUT2D eigenvalue weighted by atomic mass is 10.2. The van der Waals surface area contributed by atoms with E-state index in [0.717, 1.165) is 23.5 Å². The average molecular weight is 211 g/mol. The lowest BCUT2D eigenvalue weighted by Gasteiger charge is -1.93. The highest BCUT2D eigenvalue weighted by molar-refractivity contribution is 6.32. The van der Waals surface area contributed by atoms with Gasteiger partial charge < -0.3 is 0 Å². The second-order valence-corrected chi connectivity index (χ2v) is 3.48. The van der Waals surface area contributed by atoms with Gasteiger partial charge >= 0.3 is 0 Å². The Balaban J connectivity index is 2.51. The largest absolute Gasteiger partial charge is 0.276 e. The van der Waals surface area contributed by atoms with E-state index in [1.165, 1.54) is 0 Å². The van der Waals surface area contributed by atoms with Gasteiger partial charge in [0.25, 0.3) is 0 Å². The summed E-state index contributed by atoms with van der Waals surface area (Å²) in [5.41, 5.74) is 2.80. The monoisotopic (exact) mass is 210 g/mol. The van der Waals surface area contributed by atoms with Gasteiger partial charge in [0.2, 0.25) is 0 Å². The minimum atomic E-state index is 0.628. The molecule has 14 heavy (non-hydrogen) atoms. The molecule has 0 saturated heterocycles. The molecule has 0 bridgehead atoms. The van der Waals surface area contributed by atoms with Crippen molar-refractivity contribution in [2.45, 2.75) is 20.4 Å². The molecule has 0 fully saturated rings. The van der Waals surface area contributed by atoms with E-state index in [2.05, 4.69) is 15.3 Å². The third-order valence-electron chi connectivity index (χ3n) is 2.13. The van der Waals surface area contributed by atoms with Crippen molar-refractivity contribution in [2.24, 2.45) is 0 Å². The van der Waals surface area contributed by atoms with Gasteiger partial charge in [-0.1, -0.05) is 11.6 Å². The fraction of sp³-hybridized carbons (Fsp3) is 0.333. The summed E-state index contributed by atoms with van der Waals surface area (Å²) >= 11 is 5.97. The van der Waals surface area contributed by atoms with Crippen LogP contribution in [-0.4, -0.2) is 20.0 Å². The minimum absolute atomic E-state index is 0.628. The molecule has 0 aliphatic rings. The van der Waals surface area contributed by atoms with E-state index in [1.807, 2.05) is 24.7 Å². The highest BCUT2D eigenvalue weighted by Gasteiger charge is 2.11. The highest BCUT2D eigenvalue weighted by atomic mass is 35.5. The zero-order valence-corrected chi connectivity index (χ0v) is 8.84. The Morgan fingerprint density at radius 1 is 1.57 bits per heavy atom. The maximum Gasteiger partial charge on any atom is 0.0871 e. The molecule has 0 atom stereocenters. The van der Waals surface area contributed by atoms with Crippen molar-refractivity contribution in [2.75, 3.05) is 0 Å². The van der Waals surface area contributed by atoms with Gasteiger partial charge in [0.15, 0.2) is 0 Å². The van der Waals surface area contributed by atoms with Gasteiger partial charge in [-0.25, -0.2) is 0 Å². The Morgan fingerprint density at radius 2 is 2.36 bits per heavy atom. The zero-order valence-electron chi connectivity index (χ0n) is 8.08. The van der Waals surface area contributed by atoms with Gasteiger partial charge in [-0.15, -0.1) is 0 Å². The molecular formula is C9H11ClN4. The number of aromatic amines is 1. The maximum atomic E-state index is 5.97. The summed E-state index contributed by atoms with van der Waals surface area (Å²) in [6, 6.07) is 0. The molecule has 0 aliphatic carbocycles. The molecule has 2 aromatic rings. The number of aromatic nitrogens is 4. The van der Waals surface area contributed by atoms with Crippen molar-refractivity contribution in [3.63, 3.8) is 0 Å². The molecule has 4 nitrogen and oxygen atoms in total. The molecule has 0 saturated carbocycles. The summed E-state index contributed by atoms with van der Waals surface area (Å²) in [6.07, 6.45) is 3.56. The van der Waals surface area contributed by atoms with Gasteiger partial charge in [-0.05, 0) is 13.8 Å². The van der Waals surface area contributed by atoms with Crippen LogP contribution in [-0.2, 0) is 6.54 Å². The summed E-state index contributed by atoms with van der Waals surface area (Å²) < 4.78 is 1.88. The van der Waals surface area contributed by atoms with E-state index in [4.69, 9.17) is 11.6 Å². The molecule has 0 spiro atoms. The van der Waals surface area contributed by atoms with Crippen LogP contribution in [0.5, 0.6) is 0 Å². The number of rotatable bonds is 2. The average Bonchev–Trinajstić information content (AvgIpc) is 2.72. The van der Waals surface area contributed by atoms with E-state index >= 15 is 0 Å². The van der Waals surface area contributed by atoms with Crippen molar-refractivity contribution < 1.29 is 0 Å². The van der Waals surface area contributed by atoms with E-state index in [9.17, 15) is 0 Å². The first-order valence-corrected chi connectivity index (χ1v) is 4.83. The first-order chi connectivity index (χ1) is 6.72. The van der Waals surface area contributed by atoms with Gasteiger partial charge in [-0.3, -0.25) is 9.78 Å². The Hall–Kier alpha value is -1.29. The maximum absolute atomic E-state index is 5.97. The number of nitrogens with zero attached hydrogens (tertiary/aromatic N) is 3. The summed E-state index contributed by atoms with van der Waals surface area (Å²) in [4.78, 5) is 0. The smallest absolute Gasteiger partial charge is 0.0871 e. The molecule has 1 N–H and O–H groups in total. The number of hydrogen-bond acceptors (Lipinski definition) is 2. The van der Waals surface area contributed by atoms with Gasteiger partial charge in [0.1, 0.15) is 0 Å². The minimum Gasteiger partial charge on any atom is -0.276 e. The summed E-state index contributed by atoms with van der Waals surface area (Å²) in [5.74, 6) is 0. The van der Waals surface area contributed by atoms with Crippen LogP contribution in [0.2, 0.25) is 5.02 Å². The summed E-state index contributed by atoms with van der Waals surface area (Å²) in [7, 11) is 0. The fourth-order valence-electron chi connectivity index (χ4n) is 1.39. The number of nitrogens with one attached hydrogen (secondary N) is 1. The van der Waals surface area contributed by atoms with E-state index in [1.54, 1.807) is 6.20 Å². The molecule has 0 aliphatic heterocycles. The molecule has 2 rings (SSSR count). The van der Waals surface area contributed by atoms with Crippen LogP contribution in [0.1, 0.15) is 12.6 Å². The Kier molecular flexibility index (Phi) is 2.29. The van der Waals surface area contributed by atoms with Crippen LogP contribution < -0.4 is 0 Å². The number of hydrogen-bond donors (Lipinski definition) is 1. The highest BCUT2D eigenvalue weighted by Crippen LogP contribution is 2.26. The normalized spacial score (nSPS) is 10.8. The third kappa shape index (κ3) is 1.42. The molecule has 0 unspecified atom stereocenters. The molecule has 2 heterocycles.